The van der Waals surface area contributed by atoms with Crippen LogP contribution in [0.3, 0.4) is 0 Å². The van der Waals surface area contributed by atoms with Gasteiger partial charge in [0.05, 0.1) is 18.7 Å². The molecule has 0 saturated heterocycles. The zero-order chi connectivity index (χ0) is 21.9. The van der Waals surface area contributed by atoms with E-state index in [1.165, 1.54) is 6.33 Å². The molecule has 162 valence electrons. The topological polar surface area (TPSA) is 74.7 Å². The number of hydrogen-bond acceptors (Lipinski definition) is 7. The zero-order valence-electron chi connectivity index (χ0n) is 18.1. The van der Waals surface area contributed by atoms with Gasteiger partial charge in [-0.05, 0) is 38.1 Å². The Morgan fingerprint density at radius 3 is 2.55 bits per heavy atom. The van der Waals surface area contributed by atoms with Gasteiger partial charge in [-0.3, -0.25) is 0 Å². The third-order valence-corrected chi connectivity index (χ3v) is 4.33. The first kappa shape index (κ1) is 22.3. The number of benzene rings is 2. The maximum absolute atomic E-state index is 5.94. The van der Waals surface area contributed by atoms with E-state index in [-0.39, 0.29) is 0 Å². The van der Waals surface area contributed by atoms with E-state index < -0.39 is 0 Å². The van der Waals surface area contributed by atoms with Crippen LogP contribution in [0.5, 0.6) is 11.5 Å². The van der Waals surface area contributed by atoms with Crippen LogP contribution < -0.4 is 14.8 Å². The van der Waals surface area contributed by atoms with Crippen LogP contribution >= 0.6 is 0 Å². The molecule has 31 heavy (non-hydrogen) atoms. The van der Waals surface area contributed by atoms with E-state index in [9.17, 15) is 0 Å². The lowest BCUT2D eigenvalue weighted by Gasteiger charge is -2.15. The Hall–Kier alpha value is -3.34. The molecule has 0 spiro atoms. The Balaban J connectivity index is 1.92. The minimum absolute atomic E-state index is 0.408. The molecule has 0 radical (unpaired) electrons. The van der Waals surface area contributed by atoms with Gasteiger partial charge in [0.2, 0.25) is 0 Å². The smallest absolute Gasteiger partial charge is 0.163 e. The van der Waals surface area contributed by atoms with E-state index in [2.05, 4.69) is 27.1 Å². The fourth-order valence-electron chi connectivity index (χ4n) is 2.93. The van der Waals surface area contributed by atoms with Crippen molar-refractivity contribution in [2.45, 2.75) is 13.8 Å². The predicted molar refractivity (Wildman–Crippen MR) is 121 cm³/mol. The highest BCUT2D eigenvalue weighted by Crippen LogP contribution is 2.35. The Labute approximate surface area is 182 Å². The molecule has 0 aliphatic heterocycles. The minimum Gasteiger partial charge on any atom is -0.487 e. The summed E-state index contributed by atoms with van der Waals surface area (Å²) in [4.78, 5) is 8.84. The van der Waals surface area contributed by atoms with Crippen LogP contribution in [-0.2, 0) is 9.47 Å². The summed E-state index contributed by atoms with van der Waals surface area (Å²) in [6.45, 7) is 6.20. The highest BCUT2D eigenvalue weighted by atomic mass is 16.5. The Morgan fingerprint density at radius 1 is 0.968 bits per heavy atom. The van der Waals surface area contributed by atoms with Crippen LogP contribution in [0.1, 0.15) is 19.4 Å². The van der Waals surface area contributed by atoms with E-state index in [4.69, 9.17) is 18.9 Å². The van der Waals surface area contributed by atoms with E-state index in [1.54, 1.807) is 7.11 Å². The van der Waals surface area contributed by atoms with E-state index >= 15 is 0 Å². The molecule has 2 aromatic carbocycles. The maximum Gasteiger partial charge on any atom is 0.163 e. The number of hydrogen-bond donors (Lipinski definition) is 1. The van der Waals surface area contributed by atoms with Crippen LogP contribution in [0.2, 0.25) is 0 Å². The monoisotopic (exact) mass is 421 g/mol. The lowest BCUT2D eigenvalue weighted by molar-refractivity contribution is 0.106. The number of methoxy groups -OCH3 is 1. The van der Waals surface area contributed by atoms with Gasteiger partial charge in [-0.2, -0.15) is 0 Å². The average molecular weight is 421 g/mol. The number of nitrogens with zero attached hydrogens (tertiary/aromatic N) is 2. The summed E-state index contributed by atoms with van der Waals surface area (Å²) >= 11 is 0. The van der Waals surface area contributed by atoms with Crippen molar-refractivity contribution in [3.8, 4) is 23.3 Å². The molecule has 0 aliphatic carbocycles. The highest BCUT2D eigenvalue weighted by Gasteiger charge is 2.13. The quantitative estimate of drug-likeness (QED) is 0.368. The Bertz CT molecular complexity index is 1060. The van der Waals surface area contributed by atoms with Crippen molar-refractivity contribution in [1.82, 2.24) is 9.97 Å². The predicted octanol–water partition coefficient (Wildman–Crippen LogP) is 4.19. The first-order valence-electron chi connectivity index (χ1n) is 10.2. The van der Waals surface area contributed by atoms with Gasteiger partial charge in [0, 0.05) is 36.4 Å². The standard InChI is InChI=1S/C24H27N3O4/c1-4-7-18-8-6-9-19(14-18)27-24-20-15-22(31-13-11-29-5-2)23(30-12-10-28-3)16-21(20)25-17-26-24/h6,8-9,14-17H,5,10-13H2,1-3H3,(H,25,26,27). The Morgan fingerprint density at radius 2 is 1.77 bits per heavy atom. The summed E-state index contributed by atoms with van der Waals surface area (Å²) in [6.07, 6.45) is 1.52. The third-order valence-electron chi connectivity index (χ3n) is 4.33. The number of aromatic nitrogens is 2. The summed E-state index contributed by atoms with van der Waals surface area (Å²) in [5.74, 6) is 7.86. The Kier molecular flexibility index (Phi) is 8.47. The van der Waals surface area contributed by atoms with Gasteiger partial charge in [-0.15, -0.1) is 5.92 Å². The first-order valence-corrected chi connectivity index (χ1v) is 10.2. The molecule has 0 bridgehead atoms. The normalized spacial score (nSPS) is 10.4. The second-order valence-corrected chi connectivity index (χ2v) is 6.51. The van der Waals surface area contributed by atoms with Crippen LogP contribution in [0.25, 0.3) is 10.9 Å². The second-order valence-electron chi connectivity index (χ2n) is 6.51. The van der Waals surface area contributed by atoms with Gasteiger partial charge < -0.3 is 24.3 Å². The number of ether oxygens (including phenoxy) is 4. The lowest BCUT2D eigenvalue weighted by Crippen LogP contribution is -2.09. The molecule has 0 saturated carbocycles. The van der Waals surface area contributed by atoms with Crippen LogP contribution in [0, 0.1) is 11.8 Å². The van der Waals surface area contributed by atoms with Crippen molar-refractivity contribution >= 4 is 22.4 Å². The molecule has 0 fully saturated rings. The van der Waals surface area contributed by atoms with Gasteiger partial charge in [0.1, 0.15) is 25.4 Å². The van der Waals surface area contributed by atoms with Gasteiger partial charge in [0.25, 0.3) is 0 Å². The van der Waals surface area contributed by atoms with Crippen molar-refractivity contribution in [2.24, 2.45) is 0 Å². The summed E-state index contributed by atoms with van der Waals surface area (Å²) in [5.41, 5.74) is 2.56. The molecule has 3 rings (SSSR count). The highest BCUT2D eigenvalue weighted by molar-refractivity contribution is 5.93. The molecule has 3 aromatic rings. The van der Waals surface area contributed by atoms with E-state index in [1.807, 2.05) is 50.2 Å². The fraction of sp³-hybridized carbons (Fsp3) is 0.333. The van der Waals surface area contributed by atoms with Gasteiger partial charge in [-0.1, -0.05) is 12.0 Å². The number of fused-ring (bicyclic) bond motifs is 1. The maximum atomic E-state index is 5.94. The molecule has 1 N–H and O–H groups in total. The van der Waals surface area contributed by atoms with Crippen LogP contribution in [-0.4, -0.2) is 50.1 Å². The molecule has 0 aliphatic rings. The minimum atomic E-state index is 0.408. The fourth-order valence-corrected chi connectivity index (χ4v) is 2.93. The summed E-state index contributed by atoms with van der Waals surface area (Å²) in [7, 11) is 1.63. The molecule has 7 nitrogen and oxygen atoms in total. The van der Waals surface area contributed by atoms with Crippen LogP contribution in [0.15, 0.2) is 42.7 Å². The largest absolute Gasteiger partial charge is 0.487 e. The number of anilines is 2. The van der Waals surface area contributed by atoms with E-state index in [0.29, 0.717) is 50.4 Å². The summed E-state index contributed by atoms with van der Waals surface area (Å²) < 4.78 is 22.3. The van der Waals surface area contributed by atoms with Crippen molar-refractivity contribution in [3.63, 3.8) is 0 Å². The second kappa shape index (κ2) is 11.7. The summed E-state index contributed by atoms with van der Waals surface area (Å²) in [6, 6.07) is 11.6. The average Bonchev–Trinajstić information content (AvgIpc) is 2.78. The molecular formula is C24H27N3O4. The van der Waals surface area contributed by atoms with Gasteiger partial charge in [-0.25, -0.2) is 9.97 Å². The van der Waals surface area contributed by atoms with Crippen LogP contribution in [0.4, 0.5) is 11.5 Å². The van der Waals surface area contributed by atoms with Crippen molar-refractivity contribution in [3.05, 3.63) is 48.3 Å². The molecule has 0 amide bonds. The van der Waals surface area contributed by atoms with E-state index in [0.717, 1.165) is 22.2 Å². The number of nitrogens with one attached hydrogen (secondary N) is 1. The first-order chi connectivity index (χ1) is 15.2. The van der Waals surface area contributed by atoms with Gasteiger partial charge in [0.15, 0.2) is 11.5 Å². The van der Waals surface area contributed by atoms with Crippen molar-refractivity contribution < 1.29 is 18.9 Å². The van der Waals surface area contributed by atoms with Crippen molar-refractivity contribution in [1.29, 1.82) is 0 Å². The molecule has 1 heterocycles. The van der Waals surface area contributed by atoms with Crippen molar-refractivity contribution in [2.75, 3.05) is 45.5 Å². The molecule has 7 heteroatoms. The molecular weight excluding hydrogens is 394 g/mol. The number of rotatable bonds is 11. The molecule has 0 atom stereocenters. The zero-order valence-corrected chi connectivity index (χ0v) is 18.1. The van der Waals surface area contributed by atoms with Gasteiger partial charge >= 0.3 is 0 Å². The summed E-state index contributed by atoms with van der Waals surface area (Å²) in [5, 5.41) is 4.18. The SMILES string of the molecule is CC#Cc1cccc(Nc2ncnc3cc(OCCOC)c(OCCOCC)cc23)c1. The molecule has 0 unspecified atom stereocenters. The third kappa shape index (κ3) is 6.32. The molecule has 1 aromatic heterocycles. The lowest BCUT2D eigenvalue weighted by atomic mass is 10.2.